The van der Waals surface area contributed by atoms with E-state index >= 15 is 0 Å². The first-order valence-electron chi connectivity index (χ1n) is 17.5. The molecule has 4 aromatic rings. The second kappa shape index (κ2) is 14.7. The lowest BCUT2D eigenvalue weighted by molar-refractivity contribution is -0.155. The van der Waals surface area contributed by atoms with Gasteiger partial charge in [-0.1, -0.05) is 13.8 Å². The predicted octanol–water partition coefficient (Wildman–Crippen LogP) is 6.05. The Labute approximate surface area is 302 Å². The molecule has 1 unspecified atom stereocenters. The summed E-state index contributed by atoms with van der Waals surface area (Å²) in [5.74, 6) is -0.798. The molecule has 0 aliphatic carbocycles. The average Bonchev–Trinajstić information content (AvgIpc) is 3.67. The third-order valence-electron chi connectivity index (χ3n) is 9.11. The molecular formula is C38H48N6O6S. The van der Waals surface area contributed by atoms with E-state index in [0.717, 1.165) is 50.5 Å². The van der Waals surface area contributed by atoms with Crippen LogP contribution in [0.1, 0.15) is 71.3 Å². The molecule has 2 atom stereocenters. The number of thiazole rings is 1. The monoisotopic (exact) mass is 716 g/mol. The van der Waals surface area contributed by atoms with Crippen LogP contribution in [-0.2, 0) is 49.8 Å². The Morgan fingerprint density at radius 2 is 2.02 bits per heavy atom. The maximum atomic E-state index is 14.0. The van der Waals surface area contributed by atoms with Gasteiger partial charge in [0.05, 0.1) is 30.3 Å². The van der Waals surface area contributed by atoms with Crippen LogP contribution in [0.25, 0.3) is 32.7 Å². The molecule has 1 fully saturated rings. The third kappa shape index (κ3) is 8.10. The molecule has 1 saturated heterocycles. The van der Waals surface area contributed by atoms with Crippen LogP contribution in [0.5, 0.6) is 0 Å². The molecule has 2 amide bonds. The van der Waals surface area contributed by atoms with Gasteiger partial charge in [-0.15, -0.1) is 11.3 Å². The Balaban J connectivity index is 1.48. The second-order valence-electron chi connectivity index (χ2n) is 15.0. The van der Waals surface area contributed by atoms with E-state index in [1.54, 1.807) is 34.1 Å². The zero-order valence-corrected chi connectivity index (χ0v) is 31.3. The maximum absolute atomic E-state index is 14.0. The largest absolute Gasteiger partial charge is 0.464 e. The summed E-state index contributed by atoms with van der Waals surface area (Å²) in [7, 11) is 1.67. The van der Waals surface area contributed by atoms with Crippen molar-refractivity contribution in [1.82, 2.24) is 30.3 Å². The molecule has 6 bridgehead atoms. The fraction of sp³-hybridized carbons (Fsp3) is 0.500. The highest BCUT2D eigenvalue weighted by atomic mass is 32.1. The SMILES string of the molecule is CCn1c(-c2cccnc2COC)c2c3cc(ccc31)-c1nc(cs1)CC(NC(=O)OC(C)(C)C)C(=O)N1CCC[C@H](N1)C(=O)OCC(C)(C)C2. The van der Waals surface area contributed by atoms with Crippen LogP contribution in [0.2, 0.25) is 0 Å². The number of methoxy groups -OCH3 is 1. The highest BCUT2D eigenvalue weighted by Crippen LogP contribution is 2.41. The van der Waals surface area contributed by atoms with E-state index < -0.39 is 35.2 Å². The molecule has 13 heteroatoms. The summed E-state index contributed by atoms with van der Waals surface area (Å²) in [6.45, 7) is 13.3. The van der Waals surface area contributed by atoms with E-state index in [-0.39, 0.29) is 18.9 Å². The van der Waals surface area contributed by atoms with Gasteiger partial charge in [0.15, 0.2) is 0 Å². The summed E-state index contributed by atoms with van der Waals surface area (Å²) in [6.07, 6.45) is 2.95. The number of aromatic nitrogens is 3. The number of hydrogen-bond acceptors (Lipinski definition) is 10. The highest BCUT2D eigenvalue weighted by Gasteiger charge is 2.36. The predicted molar refractivity (Wildman–Crippen MR) is 196 cm³/mol. The molecule has 272 valence electrons. The molecule has 2 N–H and O–H groups in total. The molecule has 12 nitrogen and oxygen atoms in total. The van der Waals surface area contributed by atoms with Crippen LogP contribution in [0.3, 0.4) is 0 Å². The third-order valence-corrected chi connectivity index (χ3v) is 10.0. The zero-order chi connectivity index (χ0) is 36.5. The summed E-state index contributed by atoms with van der Waals surface area (Å²) in [6, 6.07) is 8.75. The molecule has 0 radical (unpaired) electrons. The van der Waals surface area contributed by atoms with Crippen molar-refractivity contribution in [2.45, 2.75) is 98.1 Å². The maximum Gasteiger partial charge on any atom is 0.408 e. The number of esters is 1. The van der Waals surface area contributed by atoms with Gasteiger partial charge in [0.25, 0.3) is 5.91 Å². The van der Waals surface area contributed by atoms with Crippen molar-refractivity contribution in [2.24, 2.45) is 5.41 Å². The van der Waals surface area contributed by atoms with E-state index in [2.05, 4.69) is 65.3 Å². The van der Waals surface area contributed by atoms with E-state index in [9.17, 15) is 14.4 Å². The number of aryl methyl sites for hydroxylation is 1. The number of ether oxygens (including phenoxy) is 3. The lowest BCUT2D eigenvalue weighted by Crippen LogP contribution is -2.60. The average molecular weight is 717 g/mol. The van der Waals surface area contributed by atoms with Gasteiger partial charge < -0.3 is 24.1 Å². The second-order valence-corrected chi connectivity index (χ2v) is 15.9. The Morgan fingerprint density at radius 3 is 2.76 bits per heavy atom. The summed E-state index contributed by atoms with van der Waals surface area (Å²) in [4.78, 5) is 50.1. The Bertz CT molecular complexity index is 1930. The van der Waals surface area contributed by atoms with Crippen molar-refractivity contribution in [3.8, 4) is 21.8 Å². The summed E-state index contributed by atoms with van der Waals surface area (Å²) >= 11 is 1.49. The molecule has 51 heavy (non-hydrogen) atoms. The number of carbonyl (C=O) groups is 3. The fourth-order valence-corrected chi connectivity index (χ4v) is 7.70. The summed E-state index contributed by atoms with van der Waals surface area (Å²) < 4.78 is 19.4. The van der Waals surface area contributed by atoms with Gasteiger partial charge in [0.2, 0.25) is 0 Å². The van der Waals surface area contributed by atoms with Crippen LogP contribution in [0, 0.1) is 5.41 Å². The minimum atomic E-state index is -0.981. The van der Waals surface area contributed by atoms with Crippen LogP contribution >= 0.6 is 11.3 Å². The number of nitrogens with zero attached hydrogens (tertiary/aromatic N) is 4. The topological polar surface area (TPSA) is 137 Å². The quantitative estimate of drug-likeness (QED) is 0.237. The zero-order valence-electron chi connectivity index (χ0n) is 30.5. The Kier molecular flexibility index (Phi) is 10.5. The molecular weight excluding hydrogens is 669 g/mol. The molecule has 5 heterocycles. The minimum absolute atomic E-state index is 0.142. The first-order valence-corrected chi connectivity index (χ1v) is 18.4. The van der Waals surface area contributed by atoms with Crippen molar-refractivity contribution in [2.75, 3.05) is 20.3 Å². The molecule has 2 aliphatic heterocycles. The molecule has 0 saturated carbocycles. The lowest BCUT2D eigenvalue weighted by atomic mass is 9.84. The number of nitrogens with one attached hydrogen (secondary N) is 2. The van der Waals surface area contributed by atoms with Gasteiger partial charge in [-0.3, -0.25) is 19.6 Å². The summed E-state index contributed by atoms with van der Waals surface area (Å²) in [5.41, 5.74) is 8.61. The van der Waals surface area contributed by atoms with Gasteiger partial charge in [0.1, 0.15) is 22.7 Å². The van der Waals surface area contributed by atoms with Gasteiger partial charge in [-0.05, 0) is 82.9 Å². The number of rotatable bonds is 5. The normalized spacial score (nSPS) is 19.8. The van der Waals surface area contributed by atoms with Crippen LogP contribution < -0.4 is 10.7 Å². The molecule has 0 spiro atoms. The van der Waals surface area contributed by atoms with E-state index in [1.807, 2.05) is 11.4 Å². The first kappa shape index (κ1) is 36.5. The van der Waals surface area contributed by atoms with E-state index in [4.69, 9.17) is 19.2 Å². The number of hydrogen-bond donors (Lipinski definition) is 2. The number of benzene rings is 1. The van der Waals surface area contributed by atoms with Gasteiger partial charge in [-0.25, -0.2) is 15.2 Å². The minimum Gasteiger partial charge on any atom is -0.464 e. The molecule has 1 aromatic carbocycles. The van der Waals surface area contributed by atoms with Gasteiger partial charge >= 0.3 is 12.1 Å². The van der Waals surface area contributed by atoms with Gasteiger partial charge in [0, 0.05) is 65.6 Å². The lowest BCUT2D eigenvalue weighted by Gasteiger charge is -2.35. The number of hydrazine groups is 1. The van der Waals surface area contributed by atoms with Crippen molar-refractivity contribution >= 4 is 40.2 Å². The standard InChI is InChI=1S/C38H48N6O6S/c1-8-43-31-14-13-23-17-26(31)27(32(43)25-11-9-15-39-30(25)20-48-7)19-38(5,6)22-49-35(46)28-12-10-16-44(42-28)34(45)29(18-24-21-51-33(23)40-24)41-36(47)50-37(2,3)4/h9,11,13-15,17,21,28-29,42H,8,10,12,16,18-20,22H2,1-7H3,(H,41,47)/t28-,29?/m0/s1. The highest BCUT2D eigenvalue weighted by molar-refractivity contribution is 7.13. The summed E-state index contributed by atoms with van der Waals surface area (Å²) in [5, 5.41) is 8.00. The van der Waals surface area contributed by atoms with E-state index in [0.29, 0.717) is 38.1 Å². The number of cyclic esters (lactones) is 1. The van der Waals surface area contributed by atoms with Crippen molar-refractivity contribution in [3.63, 3.8) is 0 Å². The smallest absolute Gasteiger partial charge is 0.408 e. The van der Waals surface area contributed by atoms with Crippen LogP contribution in [0.15, 0.2) is 41.9 Å². The van der Waals surface area contributed by atoms with Crippen LogP contribution in [0.4, 0.5) is 4.79 Å². The number of amides is 2. The number of pyridine rings is 1. The Morgan fingerprint density at radius 1 is 1.22 bits per heavy atom. The van der Waals surface area contributed by atoms with Crippen molar-refractivity contribution in [1.29, 1.82) is 0 Å². The molecule has 3 aromatic heterocycles. The number of carbonyl (C=O) groups excluding carboxylic acids is 3. The van der Waals surface area contributed by atoms with Crippen molar-refractivity contribution in [3.05, 3.63) is 58.9 Å². The number of alkyl carbamates (subject to hydrolysis) is 1. The first-order chi connectivity index (χ1) is 24.3. The Hall–Kier alpha value is -4.33. The fourth-order valence-electron chi connectivity index (χ4n) is 6.87. The molecule has 6 rings (SSSR count). The van der Waals surface area contributed by atoms with E-state index in [1.165, 1.54) is 16.3 Å². The van der Waals surface area contributed by atoms with Gasteiger partial charge in [-0.2, -0.15) is 0 Å². The van der Waals surface area contributed by atoms with Crippen molar-refractivity contribution < 1.29 is 28.6 Å². The number of fused-ring (bicyclic) bond motifs is 6. The van der Waals surface area contributed by atoms with Crippen LogP contribution in [-0.4, -0.2) is 75.5 Å². The molecule has 2 aliphatic rings.